The lowest BCUT2D eigenvalue weighted by atomic mass is 10.4. The van der Waals surface area contributed by atoms with Crippen molar-refractivity contribution in [2.24, 2.45) is 16.5 Å². The number of nitrogens with zero attached hydrogens (tertiary/aromatic N) is 1. The van der Waals surface area contributed by atoms with Crippen molar-refractivity contribution in [1.29, 1.82) is 0 Å². The highest BCUT2D eigenvalue weighted by Crippen LogP contribution is 1.98. The van der Waals surface area contributed by atoms with Crippen LogP contribution in [-0.4, -0.2) is 11.9 Å². The number of nitrogens with one attached hydrogen (secondary N) is 1. The van der Waals surface area contributed by atoms with E-state index in [4.69, 9.17) is 11.5 Å². The molecule has 5 nitrogen and oxygen atoms in total. The molecular weight excluding hydrogens is 175 g/mol. The third kappa shape index (κ3) is 3.90. The lowest BCUT2D eigenvalue weighted by molar-refractivity contribution is -0.114. The van der Waals surface area contributed by atoms with Gasteiger partial charge in [-0.3, -0.25) is 4.79 Å². The molecule has 0 aromatic rings. The fraction of sp³-hybridized carbons (Fsp3) is 0.143. The Morgan fingerprint density at radius 3 is 2.46 bits per heavy atom. The van der Waals surface area contributed by atoms with Crippen molar-refractivity contribution in [2.75, 3.05) is 0 Å². The van der Waals surface area contributed by atoms with Crippen molar-refractivity contribution in [3.05, 3.63) is 24.3 Å². The Kier molecular flexibility index (Phi) is 4.21. The molecule has 6 heteroatoms. The molecule has 0 saturated carbocycles. The minimum absolute atomic E-state index is 0.150. The molecule has 0 aromatic carbocycles. The zero-order valence-corrected chi connectivity index (χ0v) is 7.17. The van der Waals surface area contributed by atoms with Crippen molar-refractivity contribution >= 4 is 11.9 Å². The first-order valence-electron chi connectivity index (χ1n) is 3.36. The molecule has 13 heavy (non-hydrogen) atoms. The Balaban J connectivity index is 4.99. The van der Waals surface area contributed by atoms with E-state index in [1.54, 1.807) is 0 Å². The number of halogens is 1. The van der Waals surface area contributed by atoms with Gasteiger partial charge in [0.2, 0.25) is 0 Å². The summed E-state index contributed by atoms with van der Waals surface area (Å²) in [5, 5.41) is 2.39. The molecule has 0 bridgehead atoms. The van der Waals surface area contributed by atoms with E-state index in [9.17, 15) is 9.18 Å². The average Bonchev–Trinajstić information content (AvgIpc) is 2.01. The number of nitrogens with two attached hydrogens (primary N) is 2. The maximum atomic E-state index is 12.3. The number of carbonyl (C=O) groups is 1. The van der Waals surface area contributed by atoms with Crippen LogP contribution in [-0.2, 0) is 4.79 Å². The number of carbonyl (C=O) groups excluding carboxylic acids is 1. The zero-order valence-electron chi connectivity index (χ0n) is 7.17. The Bertz CT molecular complexity index is 278. The van der Waals surface area contributed by atoms with Crippen LogP contribution in [0.2, 0.25) is 0 Å². The van der Waals surface area contributed by atoms with Crippen molar-refractivity contribution in [1.82, 2.24) is 5.32 Å². The van der Waals surface area contributed by atoms with Gasteiger partial charge in [-0.15, -0.1) is 0 Å². The van der Waals surface area contributed by atoms with Gasteiger partial charge in [0.15, 0.2) is 11.8 Å². The number of hydrogen-bond acceptors (Lipinski definition) is 4. The second kappa shape index (κ2) is 4.91. The summed E-state index contributed by atoms with van der Waals surface area (Å²) in [6.07, 6.45) is 1.21. The lowest BCUT2D eigenvalue weighted by Gasteiger charge is -2.03. The van der Waals surface area contributed by atoms with E-state index < -0.39 is 11.9 Å². The van der Waals surface area contributed by atoms with Crippen molar-refractivity contribution in [3.63, 3.8) is 0 Å². The van der Waals surface area contributed by atoms with Gasteiger partial charge in [-0.25, -0.2) is 4.99 Å². The summed E-state index contributed by atoms with van der Waals surface area (Å²) < 4.78 is 12.3. The molecule has 0 aliphatic heterocycles. The lowest BCUT2D eigenvalue weighted by Crippen LogP contribution is -2.25. The maximum absolute atomic E-state index is 12.3. The molecule has 0 aromatic heterocycles. The Hall–Kier alpha value is -1.85. The number of rotatable bonds is 4. The minimum atomic E-state index is -0.880. The van der Waals surface area contributed by atoms with Crippen molar-refractivity contribution in [2.45, 2.75) is 6.92 Å². The molecule has 0 rings (SSSR count). The van der Waals surface area contributed by atoms with Crippen molar-refractivity contribution < 1.29 is 9.18 Å². The standard InChI is InChI=1S/C7H11FN4O/c1-3-11-7(12-4(2)8)5(9)6(10)13/h3,11H,1,9H2,2H3,(H2,10,13)/b7-5+,12-4+. The molecule has 0 aliphatic carbocycles. The van der Waals surface area contributed by atoms with Crippen LogP contribution in [0.3, 0.4) is 0 Å². The number of aliphatic imine (C=N–C) groups is 1. The van der Waals surface area contributed by atoms with E-state index >= 15 is 0 Å². The summed E-state index contributed by atoms with van der Waals surface area (Å²) >= 11 is 0. The SMILES string of the molecule is C=CNC(/N=C(\C)F)=C(\N)C(N)=O. The second-order valence-corrected chi connectivity index (χ2v) is 2.08. The van der Waals surface area contributed by atoms with Crippen LogP contribution in [0.15, 0.2) is 29.3 Å². The van der Waals surface area contributed by atoms with Gasteiger partial charge in [0, 0.05) is 6.92 Å². The van der Waals surface area contributed by atoms with Crippen LogP contribution in [0.1, 0.15) is 6.92 Å². The molecule has 0 radical (unpaired) electrons. The van der Waals surface area contributed by atoms with Crippen LogP contribution >= 0.6 is 0 Å². The van der Waals surface area contributed by atoms with Crippen LogP contribution in [0.5, 0.6) is 0 Å². The topological polar surface area (TPSA) is 93.5 Å². The number of hydrogen-bond donors (Lipinski definition) is 3. The molecule has 0 spiro atoms. The van der Waals surface area contributed by atoms with Gasteiger partial charge in [0.25, 0.3) is 5.91 Å². The van der Waals surface area contributed by atoms with Gasteiger partial charge in [-0.1, -0.05) is 6.58 Å². The fourth-order valence-electron chi connectivity index (χ4n) is 0.538. The molecule has 0 heterocycles. The van der Waals surface area contributed by atoms with Gasteiger partial charge in [-0.2, -0.15) is 4.39 Å². The van der Waals surface area contributed by atoms with Crippen LogP contribution in [0.25, 0.3) is 0 Å². The first-order valence-corrected chi connectivity index (χ1v) is 3.36. The quantitative estimate of drug-likeness (QED) is 0.416. The largest absolute Gasteiger partial charge is 0.391 e. The van der Waals surface area contributed by atoms with E-state index in [0.717, 1.165) is 6.92 Å². The molecule has 0 aliphatic rings. The smallest absolute Gasteiger partial charge is 0.268 e. The summed E-state index contributed by atoms with van der Waals surface area (Å²) in [4.78, 5) is 13.9. The molecular formula is C7H11FN4O. The molecule has 5 N–H and O–H groups in total. The molecule has 0 saturated heterocycles. The normalized spacial score (nSPS) is 13.2. The molecule has 0 unspecified atom stereocenters. The van der Waals surface area contributed by atoms with Gasteiger partial charge >= 0.3 is 0 Å². The molecule has 0 fully saturated rings. The summed E-state index contributed by atoms with van der Waals surface area (Å²) in [5.41, 5.74) is 9.72. The van der Waals surface area contributed by atoms with Crippen molar-refractivity contribution in [3.8, 4) is 0 Å². The third-order valence-electron chi connectivity index (χ3n) is 1.03. The van der Waals surface area contributed by atoms with E-state index in [1.807, 2.05) is 0 Å². The Morgan fingerprint density at radius 1 is 1.62 bits per heavy atom. The van der Waals surface area contributed by atoms with E-state index in [-0.39, 0.29) is 11.5 Å². The van der Waals surface area contributed by atoms with Gasteiger partial charge in [0.05, 0.1) is 0 Å². The van der Waals surface area contributed by atoms with Crippen LogP contribution in [0, 0.1) is 0 Å². The van der Waals surface area contributed by atoms with Gasteiger partial charge in [-0.05, 0) is 6.20 Å². The Labute approximate surface area is 75.0 Å². The van der Waals surface area contributed by atoms with E-state index in [1.165, 1.54) is 6.20 Å². The summed E-state index contributed by atoms with van der Waals surface area (Å²) in [7, 11) is 0. The molecule has 0 atom stereocenters. The highest BCUT2D eigenvalue weighted by atomic mass is 19.1. The van der Waals surface area contributed by atoms with Gasteiger partial charge in [0.1, 0.15) is 5.70 Å². The third-order valence-corrected chi connectivity index (χ3v) is 1.03. The molecule has 1 amide bonds. The minimum Gasteiger partial charge on any atom is -0.391 e. The average molecular weight is 186 g/mol. The zero-order chi connectivity index (χ0) is 10.4. The van der Waals surface area contributed by atoms with E-state index in [2.05, 4.69) is 16.9 Å². The summed E-state index contributed by atoms with van der Waals surface area (Å²) in [6.45, 7) is 4.42. The highest BCUT2D eigenvalue weighted by Gasteiger charge is 2.06. The predicted molar refractivity (Wildman–Crippen MR) is 48.0 cm³/mol. The highest BCUT2D eigenvalue weighted by molar-refractivity contribution is 5.92. The van der Waals surface area contributed by atoms with E-state index in [0.29, 0.717) is 0 Å². The summed E-state index contributed by atoms with van der Waals surface area (Å²) in [5.74, 6) is -1.77. The van der Waals surface area contributed by atoms with Crippen LogP contribution < -0.4 is 16.8 Å². The van der Waals surface area contributed by atoms with Crippen LogP contribution in [0.4, 0.5) is 4.39 Å². The monoisotopic (exact) mass is 186 g/mol. The molecule has 72 valence electrons. The number of amides is 1. The predicted octanol–water partition coefficient (Wildman–Crippen LogP) is -0.279. The summed E-state index contributed by atoms with van der Waals surface area (Å²) in [6, 6.07) is 0. The Morgan fingerprint density at radius 2 is 2.15 bits per heavy atom. The van der Waals surface area contributed by atoms with Gasteiger partial charge < -0.3 is 16.8 Å². The first kappa shape index (κ1) is 11.2. The maximum Gasteiger partial charge on any atom is 0.268 e. The first-order chi connectivity index (χ1) is 5.99. The fourth-order valence-corrected chi connectivity index (χ4v) is 0.538. The number of primary amides is 1. The second-order valence-electron chi connectivity index (χ2n) is 2.08.